The minimum atomic E-state index is -0.794. The number of aromatic nitrogens is 2. The summed E-state index contributed by atoms with van der Waals surface area (Å²) in [7, 11) is 0. The summed E-state index contributed by atoms with van der Waals surface area (Å²) in [4.78, 5) is 27.5. The van der Waals surface area contributed by atoms with Crippen LogP contribution in [0.25, 0.3) is 5.76 Å². The van der Waals surface area contributed by atoms with Gasteiger partial charge >= 0.3 is 5.91 Å². The fourth-order valence-corrected chi connectivity index (χ4v) is 4.80. The minimum absolute atomic E-state index is 0.0379. The molecular formula is C23H19N3O4S. The van der Waals surface area contributed by atoms with Crippen LogP contribution < -0.4 is 9.64 Å². The number of aryl methyl sites for hydroxylation is 1. The molecule has 1 N–H and O–H groups in total. The summed E-state index contributed by atoms with van der Waals surface area (Å²) in [6.45, 7) is 3.76. The maximum absolute atomic E-state index is 13.1. The van der Waals surface area contributed by atoms with Crippen LogP contribution in [-0.4, -0.2) is 33.1 Å². The van der Waals surface area contributed by atoms with Crippen molar-refractivity contribution in [1.29, 1.82) is 0 Å². The van der Waals surface area contributed by atoms with E-state index in [-0.39, 0.29) is 17.4 Å². The zero-order valence-electron chi connectivity index (χ0n) is 16.9. The van der Waals surface area contributed by atoms with Crippen molar-refractivity contribution < 1.29 is 19.4 Å². The molecule has 1 aromatic heterocycles. The van der Waals surface area contributed by atoms with Gasteiger partial charge in [0.1, 0.15) is 22.6 Å². The SMILES string of the molecule is Cc1nnc(N2C(=O)C(=O)/C(=C(/O)c3ccc4c(c3)CC(C)O4)C2c2ccccc2)s1. The second-order valence-corrected chi connectivity index (χ2v) is 8.80. The Balaban J connectivity index is 1.68. The van der Waals surface area contributed by atoms with Crippen molar-refractivity contribution in [3.63, 3.8) is 0 Å². The van der Waals surface area contributed by atoms with E-state index < -0.39 is 17.7 Å². The highest BCUT2D eigenvalue weighted by atomic mass is 32.1. The van der Waals surface area contributed by atoms with Gasteiger partial charge in [-0.1, -0.05) is 41.7 Å². The zero-order chi connectivity index (χ0) is 21.7. The fourth-order valence-electron chi connectivity index (χ4n) is 4.09. The van der Waals surface area contributed by atoms with E-state index in [1.165, 1.54) is 16.2 Å². The van der Waals surface area contributed by atoms with Gasteiger partial charge in [0, 0.05) is 12.0 Å². The molecule has 1 fully saturated rings. The van der Waals surface area contributed by atoms with Gasteiger partial charge in [0.15, 0.2) is 0 Å². The lowest BCUT2D eigenvalue weighted by Gasteiger charge is -2.22. The summed E-state index contributed by atoms with van der Waals surface area (Å²) in [5, 5.41) is 20.3. The van der Waals surface area contributed by atoms with Gasteiger partial charge in [-0.15, -0.1) is 10.2 Å². The molecule has 2 aromatic carbocycles. The largest absolute Gasteiger partial charge is 0.507 e. The molecule has 7 nitrogen and oxygen atoms in total. The van der Waals surface area contributed by atoms with Crippen LogP contribution >= 0.6 is 11.3 Å². The average Bonchev–Trinajstić information content (AvgIpc) is 3.43. The maximum Gasteiger partial charge on any atom is 0.301 e. The molecule has 1 saturated heterocycles. The Morgan fingerprint density at radius 2 is 1.94 bits per heavy atom. The number of nitrogens with zero attached hydrogens (tertiary/aromatic N) is 3. The Bertz CT molecular complexity index is 1230. The van der Waals surface area contributed by atoms with Gasteiger partial charge in [0.2, 0.25) is 5.13 Å². The number of Topliss-reactive ketones (excluding diaryl/α,β-unsaturated/α-hetero) is 1. The number of carbonyl (C=O) groups excluding carboxylic acids is 2. The van der Waals surface area contributed by atoms with Gasteiger partial charge in [-0.3, -0.25) is 14.5 Å². The molecule has 2 aliphatic heterocycles. The number of fused-ring (bicyclic) bond motifs is 1. The topological polar surface area (TPSA) is 92.6 Å². The van der Waals surface area contributed by atoms with Crippen molar-refractivity contribution in [3.8, 4) is 5.75 Å². The summed E-state index contributed by atoms with van der Waals surface area (Å²) < 4.78 is 5.73. The number of benzene rings is 2. The van der Waals surface area contributed by atoms with Gasteiger partial charge in [-0.25, -0.2) is 0 Å². The second-order valence-electron chi connectivity index (χ2n) is 7.64. The molecule has 0 radical (unpaired) electrons. The molecule has 2 unspecified atom stereocenters. The van der Waals surface area contributed by atoms with Crippen LogP contribution in [0.2, 0.25) is 0 Å². The van der Waals surface area contributed by atoms with Gasteiger partial charge in [-0.05, 0) is 43.2 Å². The number of ketones is 1. The average molecular weight is 433 g/mol. The Kier molecular flexibility index (Phi) is 4.59. The van der Waals surface area contributed by atoms with Crippen molar-refractivity contribution in [2.45, 2.75) is 32.4 Å². The predicted molar refractivity (Wildman–Crippen MR) is 116 cm³/mol. The van der Waals surface area contributed by atoms with Crippen molar-refractivity contribution >= 4 is 33.9 Å². The Morgan fingerprint density at radius 3 is 2.65 bits per heavy atom. The van der Waals surface area contributed by atoms with Crippen LogP contribution in [0.1, 0.15) is 34.7 Å². The molecule has 3 aromatic rings. The van der Waals surface area contributed by atoms with Gasteiger partial charge in [0.05, 0.1) is 11.6 Å². The Hall–Kier alpha value is -3.52. The number of anilines is 1. The van der Waals surface area contributed by atoms with E-state index in [0.29, 0.717) is 21.3 Å². The third-order valence-electron chi connectivity index (χ3n) is 5.45. The van der Waals surface area contributed by atoms with Gasteiger partial charge in [0.25, 0.3) is 5.78 Å². The van der Waals surface area contributed by atoms with Crippen molar-refractivity contribution in [1.82, 2.24) is 10.2 Å². The number of hydrogen-bond donors (Lipinski definition) is 1. The summed E-state index contributed by atoms with van der Waals surface area (Å²) in [5.74, 6) is -0.916. The lowest BCUT2D eigenvalue weighted by Crippen LogP contribution is -2.29. The number of amides is 1. The molecule has 2 aliphatic rings. The number of rotatable bonds is 3. The quantitative estimate of drug-likeness (QED) is 0.384. The summed E-state index contributed by atoms with van der Waals surface area (Å²) in [6, 6.07) is 13.7. The number of hydrogen-bond acceptors (Lipinski definition) is 7. The normalized spacial score (nSPS) is 21.9. The van der Waals surface area contributed by atoms with E-state index in [1.54, 1.807) is 19.1 Å². The van der Waals surface area contributed by atoms with Crippen LogP contribution in [0.15, 0.2) is 54.1 Å². The highest BCUT2D eigenvalue weighted by Crippen LogP contribution is 2.43. The van der Waals surface area contributed by atoms with Crippen LogP contribution in [0.4, 0.5) is 5.13 Å². The van der Waals surface area contributed by atoms with Gasteiger partial charge < -0.3 is 9.84 Å². The standard InChI is InChI=1S/C23H19N3O4S/c1-12-10-16-11-15(8-9-17(16)30-12)20(27)18-19(14-6-4-3-5-7-14)26(22(29)21(18)28)23-25-24-13(2)31-23/h3-9,11-12,19,27H,10H2,1-2H3/b20-18+. The summed E-state index contributed by atoms with van der Waals surface area (Å²) in [5.41, 5.74) is 2.18. The molecule has 2 atom stereocenters. The molecule has 8 heteroatoms. The second kappa shape index (κ2) is 7.31. The highest BCUT2D eigenvalue weighted by Gasteiger charge is 2.48. The molecule has 31 heavy (non-hydrogen) atoms. The maximum atomic E-state index is 13.1. The summed E-state index contributed by atoms with van der Waals surface area (Å²) >= 11 is 1.23. The highest BCUT2D eigenvalue weighted by molar-refractivity contribution is 7.15. The molecule has 0 spiro atoms. The first-order chi connectivity index (χ1) is 14.9. The lowest BCUT2D eigenvalue weighted by molar-refractivity contribution is -0.132. The van der Waals surface area contributed by atoms with Crippen LogP contribution in [-0.2, 0) is 16.0 Å². The van der Waals surface area contributed by atoms with Crippen LogP contribution in [0.3, 0.4) is 0 Å². The van der Waals surface area contributed by atoms with E-state index >= 15 is 0 Å². The smallest absolute Gasteiger partial charge is 0.301 e. The lowest BCUT2D eigenvalue weighted by atomic mass is 9.94. The van der Waals surface area contributed by atoms with E-state index in [9.17, 15) is 14.7 Å². The number of aliphatic hydroxyl groups is 1. The first-order valence-electron chi connectivity index (χ1n) is 9.90. The van der Waals surface area contributed by atoms with E-state index in [2.05, 4.69) is 10.2 Å². The number of aliphatic hydroxyl groups excluding tert-OH is 1. The van der Waals surface area contributed by atoms with Gasteiger partial charge in [-0.2, -0.15) is 0 Å². The third-order valence-corrected chi connectivity index (χ3v) is 6.29. The molecule has 0 saturated carbocycles. The summed E-state index contributed by atoms with van der Waals surface area (Å²) in [6.07, 6.45) is 0.777. The zero-order valence-corrected chi connectivity index (χ0v) is 17.7. The molecule has 3 heterocycles. The first-order valence-corrected chi connectivity index (χ1v) is 10.7. The van der Waals surface area contributed by atoms with Crippen molar-refractivity contribution in [2.24, 2.45) is 0 Å². The van der Waals surface area contributed by atoms with Crippen LogP contribution in [0.5, 0.6) is 5.75 Å². The molecule has 156 valence electrons. The number of ether oxygens (including phenoxy) is 1. The minimum Gasteiger partial charge on any atom is -0.507 e. The molecule has 0 aliphatic carbocycles. The van der Waals surface area contributed by atoms with E-state index in [1.807, 2.05) is 43.3 Å². The van der Waals surface area contributed by atoms with Crippen LogP contribution in [0, 0.1) is 6.92 Å². The molecule has 1 amide bonds. The van der Waals surface area contributed by atoms with E-state index in [0.717, 1.165) is 17.7 Å². The molecular weight excluding hydrogens is 414 g/mol. The fraction of sp³-hybridized carbons (Fsp3) is 0.217. The monoisotopic (exact) mass is 433 g/mol. The van der Waals surface area contributed by atoms with Crippen molar-refractivity contribution in [2.75, 3.05) is 4.90 Å². The van der Waals surface area contributed by atoms with Crippen molar-refractivity contribution in [3.05, 3.63) is 75.8 Å². The Labute approximate surface area is 182 Å². The molecule has 0 bridgehead atoms. The third kappa shape index (κ3) is 3.19. The Morgan fingerprint density at radius 1 is 1.16 bits per heavy atom. The number of carbonyl (C=O) groups is 2. The molecule has 5 rings (SSSR count). The predicted octanol–water partition coefficient (Wildman–Crippen LogP) is 3.80. The first kappa shape index (κ1) is 19.4. The van der Waals surface area contributed by atoms with E-state index in [4.69, 9.17) is 4.74 Å².